The molecule has 2 aromatic carbocycles. The van der Waals surface area contributed by atoms with E-state index < -0.39 is 0 Å². The summed E-state index contributed by atoms with van der Waals surface area (Å²) in [5, 5.41) is 3.30. The third-order valence-electron chi connectivity index (χ3n) is 5.30. The van der Waals surface area contributed by atoms with E-state index in [4.69, 9.17) is 0 Å². The SMILES string of the molecule is O=C(N[C@@H]1C[C@H]1c1ccccc1)C1(c2ccccc2)CCC1. The van der Waals surface area contributed by atoms with Gasteiger partial charge in [0.1, 0.15) is 0 Å². The van der Waals surface area contributed by atoms with Gasteiger partial charge in [-0.1, -0.05) is 67.1 Å². The van der Waals surface area contributed by atoms with Crippen molar-refractivity contribution < 1.29 is 4.79 Å². The van der Waals surface area contributed by atoms with Crippen LogP contribution in [0.1, 0.15) is 42.7 Å². The van der Waals surface area contributed by atoms with E-state index in [0.717, 1.165) is 25.7 Å². The van der Waals surface area contributed by atoms with Crippen LogP contribution in [0.5, 0.6) is 0 Å². The molecule has 0 unspecified atom stereocenters. The molecule has 1 amide bonds. The van der Waals surface area contributed by atoms with Gasteiger partial charge in [0.2, 0.25) is 5.91 Å². The Hall–Kier alpha value is -2.09. The Kier molecular flexibility index (Phi) is 3.25. The molecule has 2 atom stereocenters. The Morgan fingerprint density at radius 3 is 2.18 bits per heavy atom. The van der Waals surface area contributed by atoms with Gasteiger partial charge in [0.05, 0.1) is 5.41 Å². The molecule has 0 radical (unpaired) electrons. The fourth-order valence-corrected chi connectivity index (χ4v) is 3.66. The Labute approximate surface area is 131 Å². The molecule has 0 heterocycles. The Balaban J connectivity index is 1.47. The van der Waals surface area contributed by atoms with E-state index in [0.29, 0.717) is 12.0 Å². The van der Waals surface area contributed by atoms with Crippen molar-refractivity contribution >= 4 is 5.91 Å². The molecule has 22 heavy (non-hydrogen) atoms. The average Bonchev–Trinajstić information content (AvgIpc) is 3.27. The number of carbonyl (C=O) groups is 1. The number of hydrogen-bond donors (Lipinski definition) is 1. The number of amides is 1. The Morgan fingerprint density at radius 1 is 0.955 bits per heavy atom. The van der Waals surface area contributed by atoms with Crippen LogP contribution in [0.3, 0.4) is 0 Å². The molecular weight excluding hydrogens is 270 g/mol. The summed E-state index contributed by atoms with van der Waals surface area (Å²) < 4.78 is 0. The quantitative estimate of drug-likeness (QED) is 0.912. The van der Waals surface area contributed by atoms with Gasteiger partial charge in [-0.2, -0.15) is 0 Å². The summed E-state index contributed by atoms with van der Waals surface area (Å²) in [7, 11) is 0. The molecule has 2 nitrogen and oxygen atoms in total. The maximum Gasteiger partial charge on any atom is 0.230 e. The van der Waals surface area contributed by atoms with Gasteiger partial charge in [0.25, 0.3) is 0 Å². The first-order chi connectivity index (χ1) is 10.8. The highest BCUT2D eigenvalue weighted by atomic mass is 16.2. The highest BCUT2D eigenvalue weighted by Crippen LogP contribution is 2.46. The number of benzene rings is 2. The minimum atomic E-state index is -0.273. The largest absolute Gasteiger partial charge is 0.352 e. The maximum absolute atomic E-state index is 12.9. The summed E-state index contributed by atoms with van der Waals surface area (Å²) in [6.45, 7) is 0. The Bertz CT molecular complexity index is 661. The van der Waals surface area contributed by atoms with Crippen molar-refractivity contribution in [1.29, 1.82) is 0 Å². The van der Waals surface area contributed by atoms with Crippen LogP contribution in [-0.2, 0) is 10.2 Å². The average molecular weight is 291 g/mol. The zero-order valence-electron chi connectivity index (χ0n) is 12.7. The molecular formula is C20H21NO. The van der Waals surface area contributed by atoms with E-state index in [1.807, 2.05) is 24.3 Å². The minimum absolute atomic E-state index is 0.230. The van der Waals surface area contributed by atoms with Crippen molar-refractivity contribution in [3.63, 3.8) is 0 Å². The van der Waals surface area contributed by atoms with E-state index in [9.17, 15) is 4.79 Å². The van der Waals surface area contributed by atoms with Gasteiger partial charge in [-0.3, -0.25) is 4.79 Å². The van der Waals surface area contributed by atoms with Crippen molar-refractivity contribution in [2.45, 2.75) is 43.1 Å². The van der Waals surface area contributed by atoms with E-state index >= 15 is 0 Å². The highest BCUT2D eigenvalue weighted by molar-refractivity contribution is 5.89. The van der Waals surface area contributed by atoms with Gasteiger partial charge in [0.15, 0.2) is 0 Å². The molecule has 0 saturated heterocycles. The van der Waals surface area contributed by atoms with Crippen LogP contribution in [0.25, 0.3) is 0 Å². The summed E-state index contributed by atoms with van der Waals surface area (Å²) >= 11 is 0. The lowest BCUT2D eigenvalue weighted by molar-refractivity contribution is -0.130. The first-order valence-corrected chi connectivity index (χ1v) is 8.21. The van der Waals surface area contributed by atoms with E-state index in [-0.39, 0.29) is 11.3 Å². The molecule has 2 aromatic rings. The molecule has 2 aliphatic rings. The second-order valence-electron chi connectivity index (χ2n) is 6.63. The van der Waals surface area contributed by atoms with Gasteiger partial charge in [-0.25, -0.2) is 0 Å². The Morgan fingerprint density at radius 2 is 1.59 bits per heavy atom. The van der Waals surface area contributed by atoms with Crippen LogP contribution >= 0.6 is 0 Å². The lowest BCUT2D eigenvalue weighted by atomic mass is 9.64. The molecule has 2 heteroatoms. The van der Waals surface area contributed by atoms with E-state index in [1.54, 1.807) is 0 Å². The molecule has 0 spiro atoms. The van der Waals surface area contributed by atoms with Gasteiger partial charge in [0, 0.05) is 12.0 Å². The fourth-order valence-electron chi connectivity index (χ4n) is 3.66. The summed E-state index contributed by atoms with van der Waals surface area (Å²) in [5.41, 5.74) is 2.25. The molecule has 2 fully saturated rings. The molecule has 0 bridgehead atoms. The predicted molar refractivity (Wildman–Crippen MR) is 87.7 cm³/mol. The molecule has 4 rings (SSSR count). The second-order valence-corrected chi connectivity index (χ2v) is 6.63. The number of rotatable bonds is 4. The van der Waals surface area contributed by atoms with Gasteiger partial charge in [-0.05, 0) is 30.4 Å². The number of hydrogen-bond acceptors (Lipinski definition) is 1. The zero-order valence-corrected chi connectivity index (χ0v) is 12.7. The minimum Gasteiger partial charge on any atom is -0.352 e. The molecule has 2 saturated carbocycles. The van der Waals surface area contributed by atoms with Crippen LogP contribution in [-0.4, -0.2) is 11.9 Å². The normalized spacial score (nSPS) is 25.1. The predicted octanol–water partition coefficient (Wildman–Crippen LogP) is 3.78. The first kappa shape index (κ1) is 13.6. The van der Waals surface area contributed by atoms with Crippen LogP contribution in [0, 0.1) is 0 Å². The van der Waals surface area contributed by atoms with Crippen molar-refractivity contribution in [3.8, 4) is 0 Å². The maximum atomic E-state index is 12.9. The van der Waals surface area contributed by atoms with Crippen LogP contribution in [0.4, 0.5) is 0 Å². The second kappa shape index (κ2) is 5.28. The van der Waals surface area contributed by atoms with E-state index in [2.05, 4.69) is 41.7 Å². The van der Waals surface area contributed by atoms with Crippen molar-refractivity contribution in [1.82, 2.24) is 5.32 Å². The van der Waals surface area contributed by atoms with Crippen LogP contribution in [0.2, 0.25) is 0 Å². The molecule has 0 aliphatic heterocycles. The summed E-state index contributed by atoms with van der Waals surface area (Å²) in [6, 6.07) is 21.1. The fraction of sp³-hybridized carbons (Fsp3) is 0.350. The zero-order chi connectivity index (χ0) is 15.0. The molecule has 2 aliphatic carbocycles. The third-order valence-corrected chi connectivity index (χ3v) is 5.30. The molecule has 1 N–H and O–H groups in total. The summed E-state index contributed by atoms with van der Waals surface area (Å²) in [6.07, 6.45) is 4.17. The van der Waals surface area contributed by atoms with Gasteiger partial charge < -0.3 is 5.32 Å². The van der Waals surface area contributed by atoms with Gasteiger partial charge >= 0.3 is 0 Å². The summed E-state index contributed by atoms with van der Waals surface area (Å²) in [5.74, 6) is 0.728. The van der Waals surface area contributed by atoms with Crippen LogP contribution in [0.15, 0.2) is 60.7 Å². The number of carbonyl (C=O) groups excluding carboxylic acids is 1. The standard InChI is InChI=1S/C20H21NO/c22-19(20(12-7-13-20)16-10-5-2-6-11-16)21-18-14-17(18)15-8-3-1-4-9-15/h1-6,8-11,17-18H,7,12-14H2,(H,21,22)/t17-,18+/m0/s1. The van der Waals surface area contributed by atoms with E-state index in [1.165, 1.54) is 11.1 Å². The topological polar surface area (TPSA) is 29.1 Å². The lowest BCUT2D eigenvalue weighted by Gasteiger charge is -2.40. The molecule has 112 valence electrons. The lowest BCUT2D eigenvalue weighted by Crippen LogP contribution is -2.50. The molecule has 0 aromatic heterocycles. The third kappa shape index (κ3) is 2.23. The monoisotopic (exact) mass is 291 g/mol. The summed E-state index contributed by atoms with van der Waals surface area (Å²) in [4.78, 5) is 12.9. The van der Waals surface area contributed by atoms with Crippen LogP contribution < -0.4 is 5.32 Å². The highest BCUT2D eigenvalue weighted by Gasteiger charge is 2.48. The number of nitrogens with one attached hydrogen (secondary N) is 1. The van der Waals surface area contributed by atoms with Crippen molar-refractivity contribution in [3.05, 3.63) is 71.8 Å². The smallest absolute Gasteiger partial charge is 0.230 e. The van der Waals surface area contributed by atoms with Crippen molar-refractivity contribution in [2.24, 2.45) is 0 Å². The van der Waals surface area contributed by atoms with Crippen molar-refractivity contribution in [2.75, 3.05) is 0 Å². The van der Waals surface area contributed by atoms with Gasteiger partial charge in [-0.15, -0.1) is 0 Å². The first-order valence-electron chi connectivity index (χ1n) is 8.21.